The van der Waals surface area contributed by atoms with Gasteiger partial charge in [-0.25, -0.2) is 0 Å². The van der Waals surface area contributed by atoms with Gasteiger partial charge in [-0.3, -0.25) is 4.79 Å². The van der Waals surface area contributed by atoms with Gasteiger partial charge >= 0.3 is 0 Å². The summed E-state index contributed by atoms with van der Waals surface area (Å²) in [7, 11) is 0. The van der Waals surface area contributed by atoms with Crippen LogP contribution in [-0.4, -0.2) is 24.3 Å². The molecule has 0 spiro atoms. The summed E-state index contributed by atoms with van der Waals surface area (Å²) in [6.45, 7) is 5.32. The van der Waals surface area contributed by atoms with Gasteiger partial charge in [0.25, 0.3) is 0 Å². The second-order valence-electron chi connectivity index (χ2n) is 3.44. The first-order valence-corrected chi connectivity index (χ1v) is 4.64. The molecule has 0 aromatic carbocycles. The van der Waals surface area contributed by atoms with E-state index >= 15 is 0 Å². The molecule has 2 atom stereocenters. The number of carbonyl (C=O) groups excluding carboxylic acids is 2. The first-order chi connectivity index (χ1) is 6.56. The topological polar surface area (TPSA) is 75.6 Å². The number of nitrogens with one attached hydrogen (secondary N) is 1. The summed E-state index contributed by atoms with van der Waals surface area (Å²) in [6.07, 6.45) is 1.01. The van der Waals surface area contributed by atoms with Crippen LogP contribution in [0.15, 0.2) is 5.18 Å². The van der Waals surface area contributed by atoms with E-state index in [2.05, 4.69) is 10.5 Å². The van der Waals surface area contributed by atoms with Crippen LogP contribution in [0.4, 0.5) is 0 Å². The maximum atomic E-state index is 11.3. The minimum absolute atomic E-state index is 0.0145. The van der Waals surface area contributed by atoms with Crippen molar-refractivity contribution in [3.63, 3.8) is 0 Å². The molecular formula is C9H16N2O3. The summed E-state index contributed by atoms with van der Waals surface area (Å²) in [5.74, 6) is -0.464. The Hall–Kier alpha value is -1.26. The fourth-order valence-electron chi connectivity index (χ4n) is 0.926. The molecule has 0 aliphatic heterocycles. The molecule has 5 heteroatoms. The van der Waals surface area contributed by atoms with E-state index < -0.39 is 18.0 Å². The minimum Gasteiger partial charge on any atom is -0.344 e. The van der Waals surface area contributed by atoms with Crippen LogP contribution in [0.2, 0.25) is 0 Å². The van der Waals surface area contributed by atoms with E-state index in [4.69, 9.17) is 0 Å². The van der Waals surface area contributed by atoms with Crippen LogP contribution < -0.4 is 5.32 Å². The molecule has 80 valence electrons. The van der Waals surface area contributed by atoms with Crippen LogP contribution in [0.5, 0.6) is 0 Å². The lowest BCUT2D eigenvalue weighted by Gasteiger charge is -2.17. The Morgan fingerprint density at radius 1 is 1.50 bits per heavy atom. The van der Waals surface area contributed by atoms with Crippen molar-refractivity contribution in [2.24, 2.45) is 11.1 Å². The van der Waals surface area contributed by atoms with E-state index in [1.54, 1.807) is 6.92 Å². The molecule has 0 saturated carbocycles. The van der Waals surface area contributed by atoms with Crippen molar-refractivity contribution in [1.82, 2.24) is 5.32 Å². The first kappa shape index (κ1) is 12.7. The lowest BCUT2D eigenvalue weighted by molar-refractivity contribution is -0.125. The number of nitrogens with zero attached hydrogens (tertiary/aromatic N) is 1. The van der Waals surface area contributed by atoms with Crippen molar-refractivity contribution in [2.75, 3.05) is 0 Å². The summed E-state index contributed by atoms with van der Waals surface area (Å²) in [5, 5.41) is 5.14. The summed E-state index contributed by atoms with van der Waals surface area (Å²) >= 11 is 0. The largest absolute Gasteiger partial charge is 0.344 e. The highest BCUT2D eigenvalue weighted by Crippen LogP contribution is 2.02. The summed E-state index contributed by atoms with van der Waals surface area (Å²) in [5.41, 5.74) is 0. The fraction of sp³-hybridized carbons (Fsp3) is 0.778. The Morgan fingerprint density at radius 3 is 2.36 bits per heavy atom. The van der Waals surface area contributed by atoms with Crippen LogP contribution in [0.25, 0.3) is 0 Å². The van der Waals surface area contributed by atoms with Gasteiger partial charge in [0.05, 0.1) is 6.04 Å². The smallest absolute Gasteiger partial charge is 0.249 e. The van der Waals surface area contributed by atoms with Crippen molar-refractivity contribution in [3.05, 3.63) is 4.91 Å². The molecule has 0 saturated heterocycles. The zero-order valence-corrected chi connectivity index (χ0v) is 8.69. The van der Waals surface area contributed by atoms with Crippen molar-refractivity contribution >= 4 is 12.2 Å². The standard InChI is InChI=1S/C9H16N2O3/c1-4-7(11-14)9(13)10-8(5-12)6(2)3/h5-8H,4H2,1-3H3,(H,10,13). The highest BCUT2D eigenvalue weighted by Gasteiger charge is 2.21. The van der Waals surface area contributed by atoms with Crippen LogP contribution in [0, 0.1) is 10.8 Å². The average Bonchev–Trinajstić information content (AvgIpc) is 2.15. The second-order valence-corrected chi connectivity index (χ2v) is 3.44. The second kappa shape index (κ2) is 6.23. The van der Waals surface area contributed by atoms with E-state index in [0.29, 0.717) is 12.7 Å². The Morgan fingerprint density at radius 2 is 2.07 bits per heavy atom. The normalized spacial score (nSPS) is 14.6. The van der Waals surface area contributed by atoms with Gasteiger partial charge in [-0.2, -0.15) is 0 Å². The molecule has 1 N–H and O–H groups in total. The Balaban J connectivity index is 4.27. The molecule has 0 bridgehead atoms. The van der Waals surface area contributed by atoms with E-state index in [1.165, 1.54) is 0 Å². The lowest BCUT2D eigenvalue weighted by Crippen LogP contribution is -2.44. The summed E-state index contributed by atoms with van der Waals surface area (Å²) in [4.78, 5) is 32.1. The van der Waals surface area contributed by atoms with Crippen LogP contribution in [-0.2, 0) is 9.59 Å². The van der Waals surface area contributed by atoms with E-state index in [1.807, 2.05) is 13.8 Å². The molecule has 0 radical (unpaired) electrons. The average molecular weight is 200 g/mol. The molecule has 0 aliphatic carbocycles. The molecular weight excluding hydrogens is 184 g/mol. The highest BCUT2D eigenvalue weighted by molar-refractivity contribution is 5.84. The first-order valence-electron chi connectivity index (χ1n) is 4.64. The van der Waals surface area contributed by atoms with Gasteiger partial charge in [0.2, 0.25) is 5.91 Å². The number of hydrogen-bond donors (Lipinski definition) is 1. The maximum absolute atomic E-state index is 11.3. The van der Waals surface area contributed by atoms with Crippen LogP contribution >= 0.6 is 0 Å². The number of amides is 1. The van der Waals surface area contributed by atoms with Gasteiger partial charge in [-0.1, -0.05) is 25.9 Å². The summed E-state index contributed by atoms with van der Waals surface area (Å²) in [6, 6.07) is -1.44. The van der Waals surface area contributed by atoms with Gasteiger partial charge < -0.3 is 10.1 Å². The minimum atomic E-state index is -0.892. The van der Waals surface area contributed by atoms with Crippen molar-refractivity contribution in [3.8, 4) is 0 Å². The molecule has 2 unspecified atom stereocenters. The number of hydrogen-bond acceptors (Lipinski definition) is 4. The number of nitroso groups, excluding NO2 is 1. The molecule has 0 heterocycles. The Labute approximate surface area is 83.2 Å². The zero-order valence-electron chi connectivity index (χ0n) is 8.69. The van der Waals surface area contributed by atoms with Crippen LogP contribution in [0.1, 0.15) is 27.2 Å². The van der Waals surface area contributed by atoms with Gasteiger partial charge in [0.1, 0.15) is 6.29 Å². The third kappa shape index (κ3) is 3.64. The monoisotopic (exact) mass is 200 g/mol. The van der Waals surface area contributed by atoms with E-state index in [0.717, 1.165) is 0 Å². The van der Waals surface area contributed by atoms with Gasteiger partial charge in [-0.05, 0) is 12.3 Å². The third-order valence-corrected chi connectivity index (χ3v) is 1.99. The van der Waals surface area contributed by atoms with Crippen LogP contribution in [0.3, 0.4) is 0 Å². The Bertz CT molecular complexity index is 216. The van der Waals surface area contributed by atoms with Gasteiger partial charge in [-0.15, -0.1) is 4.91 Å². The van der Waals surface area contributed by atoms with Gasteiger partial charge in [0.15, 0.2) is 6.04 Å². The predicted molar refractivity (Wildman–Crippen MR) is 52.7 cm³/mol. The molecule has 5 nitrogen and oxygen atoms in total. The SMILES string of the molecule is CCC(N=O)C(=O)NC(C=O)C(C)C. The molecule has 0 rings (SSSR count). The molecule has 0 fully saturated rings. The van der Waals surface area contributed by atoms with E-state index in [-0.39, 0.29) is 5.92 Å². The number of aldehydes is 1. The van der Waals surface area contributed by atoms with Crippen molar-refractivity contribution in [1.29, 1.82) is 0 Å². The van der Waals surface area contributed by atoms with Crippen molar-refractivity contribution in [2.45, 2.75) is 39.3 Å². The third-order valence-electron chi connectivity index (χ3n) is 1.99. The quantitative estimate of drug-likeness (QED) is 0.510. The van der Waals surface area contributed by atoms with Crippen molar-refractivity contribution < 1.29 is 9.59 Å². The molecule has 0 aromatic rings. The fourth-order valence-corrected chi connectivity index (χ4v) is 0.926. The summed E-state index contributed by atoms with van der Waals surface area (Å²) < 4.78 is 0. The zero-order chi connectivity index (χ0) is 11.1. The van der Waals surface area contributed by atoms with Gasteiger partial charge in [0, 0.05) is 0 Å². The lowest BCUT2D eigenvalue weighted by atomic mass is 10.1. The number of rotatable bonds is 6. The Kier molecular flexibility index (Phi) is 5.67. The predicted octanol–water partition coefficient (Wildman–Crippen LogP) is 0.871. The maximum Gasteiger partial charge on any atom is 0.249 e. The molecule has 1 amide bonds. The molecule has 14 heavy (non-hydrogen) atoms. The van der Waals surface area contributed by atoms with E-state index in [9.17, 15) is 14.5 Å². The molecule has 0 aliphatic rings. The highest BCUT2D eigenvalue weighted by atomic mass is 16.3. The number of carbonyl (C=O) groups is 2. The molecule has 0 aromatic heterocycles.